The largest absolute Gasteiger partial charge is 2.00 e. The molecule has 0 bridgehead atoms. The van der Waals surface area contributed by atoms with Gasteiger partial charge >= 0.3 is 19.5 Å². The normalized spacial score (nSPS) is 20.9. The summed E-state index contributed by atoms with van der Waals surface area (Å²) >= 11 is 0. The molecule has 1 aromatic rings. The summed E-state index contributed by atoms with van der Waals surface area (Å²) in [5, 5.41) is 5.81. The minimum absolute atomic E-state index is 0. The molecule has 18 heavy (non-hydrogen) atoms. The fourth-order valence-corrected chi connectivity index (χ4v) is 3.18. The van der Waals surface area contributed by atoms with E-state index in [1.165, 1.54) is 18.3 Å². The van der Waals surface area contributed by atoms with Crippen LogP contribution in [0.3, 0.4) is 0 Å². The molecule has 1 aromatic heterocycles. The van der Waals surface area contributed by atoms with E-state index in [2.05, 4.69) is 4.98 Å². The number of aromatic nitrogens is 1. The van der Waals surface area contributed by atoms with Crippen LogP contribution >= 0.6 is 15.2 Å². The van der Waals surface area contributed by atoms with Gasteiger partial charge in [-0.2, -0.15) is 0 Å². The van der Waals surface area contributed by atoms with Crippen LogP contribution in [0, 0.1) is 0 Å². The van der Waals surface area contributed by atoms with Crippen molar-refractivity contribution in [3.63, 3.8) is 0 Å². The van der Waals surface area contributed by atoms with Gasteiger partial charge in [-0.15, -0.1) is 0 Å². The van der Waals surface area contributed by atoms with Crippen LogP contribution in [0.1, 0.15) is 5.56 Å². The first-order valence-electron chi connectivity index (χ1n) is 4.27. The van der Waals surface area contributed by atoms with Crippen molar-refractivity contribution < 1.29 is 53.3 Å². The van der Waals surface area contributed by atoms with Crippen molar-refractivity contribution in [2.75, 3.05) is 0 Å². The zero-order valence-electron chi connectivity index (χ0n) is 9.04. The SMILES string of the molecule is O=P([O-])(O)C(O)(Cc1cccnc1)P(=O)([O-])O.[Zn+2]. The van der Waals surface area contributed by atoms with Gasteiger partial charge in [-0.3, -0.25) is 4.98 Å². The van der Waals surface area contributed by atoms with Gasteiger partial charge in [-0.05, 0) is 11.6 Å². The van der Waals surface area contributed by atoms with Gasteiger partial charge in [0, 0.05) is 18.8 Å². The molecule has 8 nitrogen and oxygen atoms in total. The van der Waals surface area contributed by atoms with Gasteiger partial charge in [0.25, 0.3) is 0 Å². The van der Waals surface area contributed by atoms with Crippen molar-refractivity contribution >= 4 is 15.2 Å². The minimum Gasteiger partial charge on any atom is -0.776 e. The van der Waals surface area contributed by atoms with Crippen LogP contribution in [0.4, 0.5) is 0 Å². The number of hydrogen-bond acceptors (Lipinski definition) is 6. The van der Waals surface area contributed by atoms with E-state index in [0.717, 1.165) is 6.20 Å². The average molecular weight is 346 g/mol. The van der Waals surface area contributed by atoms with Gasteiger partial charge in [0.1, 0.15) is 0 Å². The van der Waals surface area contributed by atoms with Gasteiger partial charge < -0.3 is 33.8 Å². The third-order valence-electron chi connectivity index (χ3n) is 2.07. The Balaban J connectivity index is 0.00000289. The smallest absolute Gasteiger partial charge is 0.776 e. The Morgan fingerprint density at radius 3 is 2.11 bits per heavy atom. The maximum Gasteiger partial charge on any atom is 2.00 e. The van der Waals surface area contributed by atoms with Crippen LogP contribution in [-0.2, 0) is 35.0 Å². The van der Waals surface area contributed by atoms with Crippen molar-refractivity contribution in [3.05, 3.63) is 30.1 Å². The number of nitrogens with zero attached hydrogens (tertiary/aromatic N) is 1. The second-order valence-corrected chi connectivity index (χ2v) is 7.27. The standard InChI is InChI=1S/C7H11NO7P2.Zn/c9-7(16(10,11)12,17(13,14)15)4-6-2-1-3-8-5-6;/h1-3,5,9H,4H2,(H2,10,11,12)(H2,13,14,15);/q;+2/p-2. The van der Waals surface area contributed by atoms with Crippen LogP contribution in [0.15, 0.2) is 24.5 Å². The van der Waals surface area contributed by atoms with Gasteiger partial charge in [0.05, 0.1) is 0 Å². The quantitative estimate of drug-likeness (QED) is 0.433. The number of hydrogen-bond donors (Lipinski definition) is 3. The summed E-state index contributed by atoms with van der Waals surface area (Å²) in [5.41, 5.74) is 0.0188. The molecule has 0 aliphatic rings. The third-order valence-corrected chi connectivity index (χ3v) is 5.71. The van der Waals surface area contributed by atoms with Gasteiger partial charge in [0.2, 0.25) is 0 Å². The first kappa shape index (κ1) is 18.0. The van der Waals surface area contributed by atoms with Crippen molar-refractivity contribution in [3.8, 4) is 0 Å². The molecule has 2 atom stereocenters. The Labute approximate surface area is 115 Å². The van der Waals surface area contributed by atoms with Crippen molar-refractivity contribution in [1.82, 2.24) is 4.98 Å². The van der Waals surface area contributed by atoms with Gasteiger partial charge in [-0.1, -0.05) is 6.07 Å². The van der Waals surface area contributed by atoms with Crippen LogP contribution in [0.2, 0.25) is 0 Å². The Kier molecular flexibility index (Phi) is 6.00. The molecule has 0 radical (unpaired) electrons. The molecule has 0 aliphatic heterocycles. The van der Waals surface area contributed by atoms with Crippen molar-refractivity contribution in [2.24, 2.45) is 0 Å². The minimum atomic E-state index is -5.72. The van der Waals surface area contributed by atoms with Gasteiger partial charge in [-0.25, -0.2) is 0 Å². The molecule has 3 N–H and O–H groups in total. The topological polar surface area (TPSA) is 154 Å². The molecule has 1 rings (SSSR count). The summed E-state index contributed by atoms with van der Waals surface area (Å²) in [6.07, 6.45) is 1.42. The van der Waals surface area contributed by atoms with E-state index in [1.54, 1.807) is 0 Å². The maximum atomic E-state index is 10.9. The monoisotopic (exact) mass is 345 g/mol. The van der Waals surface area contributed by atoms with Gasteiger partial charge in [0.15, 0.2) is 20.3 Å². The molecule has 0 fully saturated rings. The summed E-state index contributed by atoms with van der Waals surface area (Å²) < 4.78 is 21.8. The Morgan fingerprint density at radius 2 is 1.78 bits per heavy atom. The predicted molar refractivity (Wildman–Crippen MR) is 52.5 cm³/mol. The van der Waals surface area contributed by atoms with Crippen molar-refractivity contribution in [2.45, 2.75) is 11.5 Å². The van der Waals surface area contributed by atoms with E-state index in [0.29, 0.717) is 0 Å². The Morgan fingerprint density at radius 1 is 1.28 bits per heavy atom. The molecule has 11 heteroatoms. The molecule has 2 unspecified atom stereocenters. The average Bonchev–Trinajstić information content (AvgIpc) is 2.15. The molecule has 0 aromatic carbocycles. The summed E-state index contributed by atoms with van der Waals surface area (Å²) in [6.45, 7) is 0. The molecular weight excluding hydrogens is 337 g/mol. The summed E-state index contributed by atoms with van der Waals surface area (Å²) in [6, 6.07) is 2.65. The van der Waals surface area contributed by atoms with E-state index in [4.69, 9.17) is 9.79 Å². The molecule has 0 saturated heterocycles. The van der Waals surface area contributed by atoms with Crippen molar-refractivity contribution in [1.29, 1.82) is 0 Å². The van der Waals surface area contributed by atoms with Crippen LogP contribution in [-0.4, -0.2) is 25.0 Å². The molecule has 0 saturated carbocycles. The van der Waals surface area contributed by atoms with E-state index in [1.807, 2.05) is 0 Å². The first-order valence-corrected chi connectivity index (χ1v) is 7.42. The van der Waals surface area contributed by atoms with E-state index >= 15 is 0 Å². The van der Waals surface area contributed by atoms with Crippen LogP contribution < -0.4 is 9.79 Å². The second-order valence-electron chi connectivity index (χ2n) is 3.35. The molecule has 96 valence electrons. The van der Waals surface area contributed by atoms with E-state index in [-0.39, 0.29) is 25.0 Å². The molecular formula is C7H9NO7P2Zn. The fraction of sp³-hybridized carbons (Fsp3) is 0.286. The van der Waals surface area contributed by atoms with E-state index in [9.17, 15) is 24.0 Å². The van der Waals surface area contributed by atoms with Crippen LogP contribution in [0.5, 0.6) is 0 Å². The summed E-state index contributed by atoms with van der Waals surface area (Å²) in [7, 11) is -11.4. The molecule has 0 aliphatic carbocycles. The number of pyridine rings is 1. The van der Waals surface area contributed by atoms with E-state index < -0.39 is 26.7 Å². The maximum absolute atomic E-state index is 10.9. The zero-order chi connectivity index (χ0) is 13.3. The molecule has 1 heterocycles. The van der Waals surface area contributed by atoms with Crippen LogP contribution in [0.25, 0.3) is 0 Å². The molecule has 0 spiro atoms. The first-order chi connectivity index (χ1) is 7.58. The second kappa shape index (κ2) is 5.99. The number of aliphatic hydroxyl groups is 1. The predicted octanol–water partition coefficient (Wildman–Crippen LogP) is -1.64. The summed E-state index contributed by atoms with van der Waals surface area (Å²) in [4.78, 5) is 42.8. The summed E-state index contributed by atoms with van der Waals surface area (Å²) in [5.74, 6) is 0. The zero-order valence-corrected chi connectivity index (χ0v) is 13.8. The fourth-order valence-electron chi connectivity index (χ4n) is 1.14. The third kappa shape index (κ3) is 3.76. The molecule has 0 amide bonds. The number of rotatable bonds is 4. The Bertz CT molecular complexity index is 462. The Hall–Kier alpha value is 0.0334.